The quantitative estimate of drug-likeness (QED) is 0.838. The molecule has 0 fully saturated rings. The molecule has 0 saturated heterocycles. The molecule has 22 heavy (non-hydrogen) atoms. The van der Waals surface area contributed by atoms with Crippen LogP contribution in [0.3, 0.4) is 0 Å². The Hall–Kier alpha value is -1.49. The fourth-order valence-corrected chi connectivity index (χ4v) is 2.35. The van der Waals surface area contributed by atoms with E-state index < -0.39 is 5.97 Å². The number of esters is 1. The summed E-state index contributed by atoms with van der Waals surface area (Å²) in [7, 11) is 1.34. The highest BCUT2D eigenvalue weighted by Gasteiger charge is 2.18. The van der Waals surface area contributed by atoms with Crippen LogP contribution in [-0.2, 0) is 4.74 Å². The van der Waals surface area contributed by atoms with E-state index in [1.54, 1.807) is 18.2 Å². The molecule has 120 valence electrons. The SMILES string of the molecule is CCC(CN)Oc1cc2cccc(Cl)c2cc1C(=O)OC.Cl. The molecule has 2 aromatic rings. The van der Waals surface area contributed by atoms with Gasteiger partial charge < -0.3 is 15.2 Å². The molecule has 0 aliphatic rings. The topological polar surface area (TPSA) is 61.5 Å². The first-order valence-corrected chi connectivity index (χ1v) is 7.15. The maximum absolute atomic E-state index is 12.0. The molecule has 2 rings (SSSR count). The second kappa shape index (κ2) is 8.22. The molecular weight excluding hydrogens is 325 g/mol. The minimum absolute atomic E-state index is 0. The van der Waals surface area contributed by atoms with Gasteiger partial charge in [-0.15, -0.1) is 12.4 Å². The number of ether oxygens (including phenoxy) is 2. The summed E-state index contributed by atoms with van der Waals surface area (Å²) in [6, 6.07) is 9.04. The van der Waals surface area contributed by atoms with Crippen molar-refractivity contribution in [1.82, 2.24) is 0 Å². The van der Waals surface area contributed by atoms with Crippen molar-refractivity contribution in [1.29, 1.82) is 0 Å². The summed E-state index contributed by atoms with van der Waals surface area (Å²) in [5.74, 6) is 0.00705. The lowest BCUT2D eigenvalue weighted by molar-refractivity contribution is 0.0593. The van der Waals surface area contributed by atoms with Gasteiger partial charge in [0.2, 0.25) is 0 Å². The molecule has 0 aliphatic heterocycles. The molecule has 1 atom stereocenters. The molecule has 1 unspecified atom stereocenters. The number of hydrogen-bond donors (Lipinski definition) is 1. The van der Waals surface area contributed by atoms with E-state index in [1.807, 2.05) is 19.1 Å². The third kappa shape index (κ3) is 3.83. The minimum atomic E-state index is -0.460. The van der Waals surface area contributed by atoms with E-state index in [0.717, 1.165) is 17.2 Å². The van der Waals surface area contributed by atoms with Crippen molar-refractivity contribution in [2.45, 2.75) is 19.4 Å². The van der Waals surface area contributed by atoms with Crippen molar-refractivity contribution in [2.75, 3.05) is 13.7 Å². The summed E-state index contributed by atoms with van der Waals surface area (Å²) in [6.07, 6.45) is 0.607. The second-order valence-corrected chi connectivity index (χ2v) is 5.09. The van der Waals surface area contributed by atoms with Crippen LogP contribution in [-0.4, -0.2) is 25.7 Å². The first-order valence-electron chi connectivity index (χ1n) is 6.78. The Bertz CT molecular complexity index is 657. The van der Waals surface area contributed by atoms with Gasteiger partial charge in [-0.3, -0.25) is 0 Å². The Morgan fingerprint density at radius 1 is 1.36 bits per heavy atom. The molecular formula is C16H19Cl2NO3. The Labute approximate surface area is 140 Å². The number of carbonyl (C=O) groups is 1. The maximum atomic E-state index is 12.0. The van der Waals surface area contributed by atoms with Crippen molar-refractivity contribution < 1.29 is 14.3 Å². The van der Waals surface area contributed by atoms with Crippen LogP contribution in [0.5, 0.6) is 5.75 Å². The zero-order valence-corrected chi connectivity index (χ0v) is 14.0. The van der Waals surface area contributed by atoms with Crippen LogP contribution >= 0.6 is 24.0 Å². The van der Waals surface area contributed by atoms with E-state index >= 15 is 0 Å². The molecule has 0 saturated carbocycles. The van der Waals surface area contributed by atoms with Crippen molar-refractivity contribution in [2.24, 2.45) is 5.73 Å². The Kier molecular flexibility index (Phi) is 6.94. The first-order chi connectivity index (χ1) is 10.1. The van der Waals surface area contributed by atoms with Crippen LogP contribution in [0.15, 0.2) is 30.3 Å². The standard InChI is InChI=1S/C16H18ClNO3.ClH/c1-3-11(9-18)21-15-7-10-5-4-6-14(17)12(10)8-13(15)16(19)20-2;/h4-8,11H,3,9,18H2,1-2H3;1H. The lowest BCUT2D eigenvalue weighted by Gasteiger charge is -2.18. The third-order valence-corrected chi connectivity index (χ3v) is 3.67. The molecule has 0 radical (unpaired) electrons. The van der Waals surface area contributed by atoms with E-state index in [-0.39, 0.29) is 18.5 Å². The average Bonchev–Trinajstić information content (AvgIpc) is 2.51. The monoisotopic (exact) mass is 343 g/mol. The summed E-state index contributed by atoms with van der Waals surface area (Å²) in [5, 5.41) is 2.26. The van der Waals surface area contributed by atoms with Gasteiger partial charge in [0.1, 0.15) is 17.4 Å². The Morgan fingerprint density at radius 3 is 2.68 bits per heavy atom. The van der Waals surface area contributed by atoms with Gasteiger partial charge in [-0.2, -0.15) is 0 Å². The fraction of sp³-hybridized carbons (Fsp3) is 0.312. The molecule has 0 aliphatic carbocycles. The van der Waals surface area contributed by atoms with Crippen molar-refractivity contribution in [3.63, 3.8) is 0 Å². The van der Waals surface area contributed by atoms with Crippen molar-refractivity contribution in [3.05, 3.63) is 40.9 Å². The van der Waals surface area contributed by atoms with Crippen LogP contribution in [0.25, 0.3) is 10.8 Å². The number of carbonyl (C=O) groups excluding carboxylic acids is 1. The van der Waals surface area contributed by atoms with Gasteiger partial charge in [-0.1, -0.05) is 30.7 Å². The number of nitrogens with two attached hydrogens (primary N) is 1. The second-order valence-electron chi connectivity index (χ2n) is 4.68. The van der Waals surface area contributed by atoms with E-state index in [1.165, 1.54) is 7.11 Å². The molecule has 0 heterocycles. The third-order valence-electron chi connectivity index (χ3n) is 3.34. The van der Waals surface area contributed by atoms with E-state index in [0.29, 0.717) is 22.9 Å². The molecule has 2 N–H and O–H groups in total. The smallest absolute Gasteiger partial charge is 0.341 e. The van der Waals surface area contributed by atoms with Crippen LogP contribution in [0.4, 0.5) is 0 Å². The van der Waals surface area contributed by atoms with Gasteiger partial charge in [0, 0.05) is 17.0 Å². The predicted octanol–water partition coefficient (Wildman–Crippen LogP) is 3.82. The summed E-state index contributed by atoms with van der Waals surface area (Å²) in [5.41, 5.74) is 6.02. The molecule has 0 bridgehead atoms. The Balaban J connectivity index is 0.00000242. The van der Waals surface area contributed by atoms with Crippen LogP contribution in [0.1, 0.15) is 23.7 Å². The lowest BCUT2D eigenvalue weighted by Crippen LogP contribution is -2.26. The van der Waals surface area contributed by atoms with Crippen LogP contribution < -0.4 is 10.5 Å². The first kappa shape index (κ1) is 18.6. The predicted molar refractivity (Wildman–Crippen MR) is 91.3 cm³/mol. The summed E-state index contributed by atoms with van der Waals surface area (Å²) in [4.78, 5) is 12.0. The summed E-state index contributed by atoms with van der Waals surface area (Å²) < 4.78 is 10.7. The van der Waals surface area contributed by atoms with Gasteiger partial charge in [-0.25, -0.2) is 4.79 Å². The molecule has 0 spiro atoms. The van der Waals surface area contributed by atoms with Gasteiger partial charge in [-0.05, 0) is 30.0 Å². The largest absolute Gasteiger partial charge is 0.488 e. The Morgan fingerprint density at radius 2 is 2.09 bits per heavy atom. The van der Waals surface area contributed by atoms with Gasteiger partial charge in [0.25, 0.3) is 0 Å². The number of benzene rings is 2. The zero-order valence-electron chi connectivity index (χ0n) is 12.5. The summed E-state index contributed by atoms with van der Waals surface area (Å²) in [6.45, 7) is 2.36. The molecule has 6 heteroatoms. The fourth-order valence-electron chi connectivity index (χ4n) is 2.11. The highest BCUT2D eigenvalue weighted by atomic mass is 35.5. The molecule has 0 aromatic heterocycles. The van der Waals surface area contributed by atoms with Crippen molar-refractivity contribution >= 4 is 40.7 Å². The van der Waals surface area contributed by atoms with E-state index in [4.69, 9.17) is 26.8 Å². The number of hydrogen-bond acceptors (Lipinski definition) is 4. The van der Waals surface area contributed by atoms with Crippen molar-refractivity contribution in [3.8, 4) is 5.75 Å². The minimum Gasteiger partial charge on any atom is -0.488 e. The van der Waals surface area contributed by atoms with Crippen LogP contribution in [0.2, 0.25) is 5.02 Å². The highest BCUT2D eigenvalue weighted by molar-refractivity contribution is 6.35. The number of halogens is 2. The normalized spacial score (nSPS) is 11.6. The van der Waals surface area contributed by atoms with Gasteiger partial charge >= 0.3 is 5.97 Å². The number of fused-ring (bicyclic) bond motifs is 1. The van der Waals surface area contributed by atoms with E-state index in [2.05, 4.69) is 0 Å². The zero-order chi connectivity index (χ0) is 15.4. The highest BCUT2D eigenvalue weighted by Crippen LogP contribution is 2.31. The summed E-state index contributed by atoms with van der Waals surface area (Å²) >= 11 is 6.18. The van der Waals surface area contributed by atoms with E-state index in [9.17, 15) is 4.79 Å². The van der Waals surface area contributed by atoms with Gasteiger partial charge in [0.05, 0.1) is 7.11 Å². The molecule has 0 amide bonds. The van der Waals surface area contributed by atoms with Gasteiger partial charge in [0.15, 0.2) is 0 Å². The molecule has 2 aromatic carbocycles. The number of methoxy groups -OCH3 is 1. The number of rotatable bonds is 5. The molecule has 4 nitrogen and oxygen atoms in total. The average molecular weight is 344 g/mol. The maximum Gasteiger partial charge on any atom is 0.341 e. The van der Waals surface area contributed by atoms with Crippen LogP contribution in [0, 0.1) is 0 Å². The lowest BCUT2D eigenvalue weighted by atomic mass is 10.1.